The molecule has 0 fully saturated rings. The molecule has 2 aromatic rings. The van der Waals surface area contributed by atoms with Crippen molar-refractivity contribution in [2.45, 2.75) is 31.6 Å². The second-order valence-corrected chi connectivity index (χ2v) is 6.12. The van der Waals surface area contributed by atoms with Gasteiger partial charge in [0, 0.05) is 16.8 Å². The van der Waals surface area contributed by atoms with Gasteiger partial charge in [-0.2, -0.15) is 0 Å². The first-order valence-electron chi connectivity index (χ1n) is 8.37. The number of esters is 1. The molecule has 0 amide bonds. The number of rotatable bonds is 4. The molecule has 6 nitrogen and oxygen atoms in total. The average molecular weight is 338 g/mol. The number of anilines is 2. The van der Waals surface area contributed by atoms with Crippen molar-refractivity contribution in [2.75, 3.05) is 18.1 Å². The van der Waals surface area contributed by atoms with Gasteiger partial charge in [0.2, 0.25) is 0 Å². The van der Waals surface area contributed by atoms with Gasteiger partial charge in [0.25, 0.3) is 0 Å². The number of carbonyl (C=O) groups is 1. The molecule has 25 heavy (non-hydrogen) atoms. The third-order valence-corrected chi connectivity index (χ3v) is 4.58. The maximum atomic E-state index is 12.9. The minimum atomic E-state index is -0.868. The van der Waals surface area contributed by atoms with E-state index in [1.807, 2.05) is 18.2 Å². The normalized spacial score (nSPS) is 19.6. The lowest BCUT2D eigenvalue weighted by molar-refractivity contribution is -0.150. The van der Waals surface area contributed by atoms with E-state index in [-0.39, 0.29) is 5.97 Å². The number of benzene rings is 1. The SMILES string of the molecule is CCOC(=O)C1(c2c(N)ncnc2-c2ccc(N)cc2)CC=CCC1. The molecule has 4 N–H and O–H groups in total. The van der Waals surface area contributed by atoms with Crippen molar-refractivity contribution >= 4 is 17.5 Å². The summed E-state index contributed by atoms with van der Waals surface area (Å²) in [6.07, 6.45) is 7.39. The van der Waals surface area contributed by atoms with E-state index in [2.05, 4.69) is 16.0 Å². The van der Waals surface area contributed by atoms with Crippen molar-refractivity contribution in [3.8, 4) is 11.3 Å². The molecule has 1 aliphatic rings. The zero-order valence-electron chi connectivity index (χ0n) is 14.2. The van der Waals surface area contributed by atoms with Crippen molar-refractivity contribution in [1.82, 2.24) is 9.97 Å². The summed E-state index contributed by atoms with van der Waals surface area (Å²) in [6.45, 7) is 2.12. The van der Waals surface area contributed by atoms with E-state index in [0.717, 1.165) is 12.0 Å². The van der Waals surface area contributed by atoms with E-state index < -0.39 is 5.41 Å². The van der Waals surface area contributed by atoms with Gasteiger partial charge in [0.05, 0.1) is 12.3 Å². The topological polar surface area (TPSA) is 104 Å². The van der Waals surface area contributed by atoms with E-state index in [4.69, 9.17) is 16.2 Å². The van der Waals surface area contributed by atoms with E-state index in [1.54, 1.807) is 19.1 Å². The number of allylic oxidation sites excluding steroid dienone is 2. The Hall–Kier alpha value is -2.89. The number of ether oxygens (including phenoxy) is 1. The van der Waals surface area contributed by atoms with Crippen LogP contribution in [0.2, 0.25) is 0 Å². The molecule has 1 aromatic heterocycles. The molecule has 1 aliphatic carbocycles. The summed E-state index contributed by atoms with van der Waals surface area (Å²) in [5.74, 6) is 0.0303. The molecule has 0 saturated heterocycles. The minimum absolute atomic E-state index is 0.280. The Morgan fingerprint density at radius 3 is 2.60 bits per heavy atom. The van der Waals surface area contributed by atoms with Gasteiger partial charge in [-0.1, -0.05) is 24.3 Å². The standard InChI is InChI=1S/C19H22N4O2/c1-2-25-18(24)19(10-4-3-5-11-19)15-16(22-12-23-17(15)21)13-6-8-14(20)9-7-13/h3-4,6-9,12H,2,5,10-11,20H2,1H3,(H2,21,22,23). The van der Waals surface area contributed by atoms with Crippen LogP contribution in [-0.4, -0.2) is 22.5 Å². The lowest BCUT2D eigenvalue weighted by atomic mass is 9.70. The molecule has 130 valence electrons. The third-order valence-electron chi connectivity index (χ3n) is 4.58. The maximum absolute atomic E-state index is 12.9. The predicted octanol–water partition coefficient (Wildman–Crippen LogP) is 2.85. The van der Waals surface area contributed by atoms with Gasteiger partial charge in [0.1, 0.15) is 17.6 Å². The van der Waals surface area contributed by atoms with Gasteiger partial charge in [-0.05, 0) is 38.3 Å². The van der Waals surface area contributed by atoms with Crippen molar-refractivity contribution in [2.24, 2.45) is 0 Å². The molecule has 0 bridgehead atoms. The van der Waals surface area contributed by atoms with Crippen LogP contribution in [0.15, 0.2) is 42.7 Å². The summed E-state index contributed by atoms with van der Waals surface area (Å²) in [4.78, 5) is 21.5. The highest BCUT2D eigenvalue weighted by Gasteiger charge is 2.45. The Morgan fingerprint density at radius 1 is 1.20 bits per heavy atom. The molecule has 0 saturated carbocycles. The van der Waals surface area contributed by atoms with E-state index in [1.165, 1.54) is 6.33 Å². The zero-order chi connectivity index (χ0) is 17.9. The molecule has 1 aromatic carbocycles. The van der Waals surface area contributed by atoms with Gasteiger partial charge < -0.3 is 16.2 Å². The van der Waals surface area contributed by atoms with Gasteiger partial charge in [-0.3, -0.25) is 4.79 Å². The molecule has 0 radical (unpaired) electrons. The zero-order valence-corrected chi connectivity index (χ0v) is 14.2. The van der Waals surface area contributed by atoms with Crippen LogP contribution in [0.25, 0.3) is 11.3 Å². The smallest absolute Gasteiger partial charge is 0.317 e. The third kappa shape index (κ3) is 3.07. The summed E-state index contributed by atoms with van der Waals surface area (Å²) < 4.78 is 5.40. The second kappa shape index (κ2) is 6.93. The monoisotopic (exact) mass is 338 g/mol. The number of hydrogen-bond acceptors (Lipinski definition) is 6. The maximum Gasteiger partial charge on any atom is 0.317 e. The number of aromatic nitrogens is 2. The van der Waals surface area contributed by atoms with Crippen LogP contribution in [0.4, 0.5) is 11.5 Å². The fourth-order valence-corrected chi connectivity index (χ4v) is 3.35. The van der Waals surface area contributed by atoms with Crippen LogP contribution in [0.5, 0.6) is 0 Å². The number of nitrogens with zero attached hydrogens (tertiary/aromatic N) is 2. The summed E-state index contributed by atoms with van der Waals surface area (Å²) in [6, 6.07) is 7.35. The van der Waals surface area contributed by atoms with Crippen molar-refractivity contribution in [1.29, 1.82) is 0 Å². The largest absolute Gasteiger partial charge is 0.465 e. The first-order valence-corrected chi connectivity index (χ1v) is 8.37. The number of nitrogen functional groups attached to an aromatic ring is 2. The fourth-order valence-electron chi connectivity index (χ4n) is 3.35. The minimum Gasteiger partial charge on any atom is -0.465 e. The molecule has 0 aliphatic heterocycles. The van der Waals surface area contributed by atoms with E-state index in [0.29, 0.717) is 42.2 Å². The highest BCUT2D eigenvalue weighted by atomic mass is 16.5. The van der Waals surface area contributed by atoms with Crippen LogP contribution in [0.3, 0.4) is 0 Å². The second-order valence-electron chi connectivity index (χ2n) is 6.12. The molecule has 6 heteroatoms. The number of carbonyl (C=O) groups excluding carboxylic acids is 1. The van der Waals surface area contributed by atoms with E-state index >= 15 is 0 Å². The van der Waals surface area contributed by atoms with Crippen LogP contribution >= 0.6 is 0 Å². The Morgan fingerprint density at radius 2 is 1.96 bits per heavy atom. The van der Waals surface area contributed by atoms with Crippen LogP contribution in [-0.2, 0) is 14.9 Å². The Labute approximate surface area is 146 Å². The number of nitrogens with two attached hydrogens (primary N) is 2. The molecule has 1 atom stereocenters. The van der Waals surface area contributed by atoms with Crippen molar-refractivity contribution < 1.29 is 9.53 Å². The molecular weight excluding hydrogens is 316 g/mol. The fraction of sp³-hybridized carbons (Fsp3) is 0.316. The lowest BCUT2D eigenvalue weighted by Gasteiger charge is -2.34. The average Bonchev–Trinajstić information content (AvgIpc) is 2.63. The Bertz CT molecular complexity index is 802. The van der Waals surface area contributed by atoms with Crippen LogP contribution in [0, 0.1) is 0 Å². The first-order chi connectivity index (χ1) is 12.1. The summed E-state index contributed by atoms with van der Waals surface area (Å²) in [7, 11) is 0. The summed E-state index contributed by atoms with van der Waals surface area (Å²) in [5.41, 5.74) is 13.9. The number of hydrogen-bond donors (Lipinski definition) is 2. The summed E-state index contributed by atoms with van der Waals surface area (Å²) >= 11 is 0. The van der Waals surface area contributed by atoms with Gasteiger partial charge in [0.15, 0.2) is 0 Å². The molecule has 1 unspecified atom stereocenters. The molecule has 1 heterocycles. The van der Waals surface area contributed by atoms with Crippen LogP contribution < -0.4 is 11.5 Å². The van der Waals surface area contributed by atoms with Gasteiger partial charge in [-0.25, -0.2) is 9.97 Å². The Balaban J connectivity index is 2.21. The first kappa shape index (κ1) is 17.0. The predicted molar refractivity (Wildman–Crippen MR) is 97.6 cm³/mol. The quantitative estimate of drug-likeness (QED) is 0.505. The van der Waals surface area contributed by atoms with E-state index in [9.17, 15) is 4.79 Å². The molecule has 3 rings (SSSR count). The van der Waals surface area contributed by atoms with Crippen molar-refractivity contribution in [3.05, 3.63) is 48.3 Å². The molecule has 0 spiro atoms. The highest BCUT2D eigenvalue weighted by Crippen LogP contribution is 2.44. The lowest BCUT2D eigenvalue weighted by Crippen LogP contribution is -2.40. The van der Waals surface area contributed by atoms with Gasteiger partial charge >= 0.3 is 5.97 Å². The van der Waals surface area contributed by atoms with Gasteiger partial charge in [-0.15, -0.1) is 0 Å². The highest BCUT2D eigenvalue weighted by molar-refractivity contribution is 5.89. The molecular formula is C19H22N4O2. The van der Waals surface area contributed by atoms with Crippen LogP contribution in [0.1, 0.15) is 31.7 Å². The van der Waals surface area contributed by atoms with Crippen molar-refractivity contribution in [3.63, 3.8) is 0 Å². The Kier molecular flexibility index (Phi) is 4.70. The summed E-state index contributed by atoms with van der Waals surface area (Å²) in [5, 5.41) is 0.